The van der Waals surface area contributed by atoms with Crippen LogP contribution in [0.5, 0.6) is 5.75 Å². The van der Waals surface area contributed by atoms with Gasteiger partial charge in [-0.05, 0) is 39.6 Å². The number of hydrogen-bond donors (Lipinski definition) is 6. The molecule has 176 valence electrons. The molecule has 0 aromatic heterocycles. The number of aromatic hydroxyl groups is 1. The molecule has 1 amide bonds. The number of ketones is 1. The molecule has 11 heteroatoms. The van der Waals surface area contributed by atoms with Gasteiger partial charge in [0.1, 0.15) is 22.8 Å². The number of likely N-dealkylation sites (N-methyl/N-ethyl adjacent to an activating group) is 1. The van der Waals surface area contributed by atoms with Crippen LogP contribution in [0.3, 0.4) is 0 Å². The summed E-state index contributed by atoms with van der Waals surface area (Å²) >= 11 is 6.32. The Balaban J connectivity index is 1.80. The summed E-state index contributed by atoms with van der Waals surface area (Å²) in [5.41, 5.74) is 0.561. The molecule has 1 heterocycles. The van der Waals surface area contributed by atoms with E-state index in [2.05, 4.69) is 0 Å². The molecule has 3 aliphatic carbocycles. The number of primary amides is 1. The number of phenols is 1. The molecule has 1 spiro atoms. The fourth-order valence-corrected chi connectivity index (χ4v) is 6.54. The van der Waals surface area contributed by atoms with Gasteiger partial charge in [0.2, 0.25) is 11.6 Å². The van der Waals surface area contributed by atoms with E-state index in [4.69, 9.17) is 22.1 Å². The molecule has 1 saturated carbocycles. The number of hydrogen-bond acceptors (Lipinski definition) is 9. The lowest BCUT2D eigenvalue weighted by molar-refractivity contribution is -0.132. The molecule has 1 aliphatic heterocycles. The zero-order valence-corrected chi connectivity index (χ0v) is 18.7. The Kier molecular flexibility index (Phi) is 4.22. The number of Topliss-reactive ketones (excluding diaryl/α,β-unsaturated/α-hetero) is 1. The number of amides is 1. The summed E-state index contributed by atoms with van der Waals surface area (Å²) in [4.78, 5) is 27.6. The van der Waals surface area contributed by atoms with E-state index in [-0.39, 0.29) is 28.1 Å². The van der Waals surface area contributed by atoms with E-state index in [0.29, 0.717) is 0 Å². The van der Waals surface area contributed by atoms with Crippen LogP contribution in [0, 0.1) is 11.8 Å². The van der Waals surface area contributed by atoms with E-state index < -0.39 is 69.4 Å². The number of fused-ring (bicyclic) bond motifs is 2. The van der Waals surface area contributed by atoms with Gasteiger partial charge in [0, 0.05) is 28.0 Å². The van der Waals surface area contributed by atoms with Crippen LogP contribution in [-0.4, -0.2) is 73.6 Å². The van der Waals surface area contributed by atoms with Crippen LogP contribution in [0.4, 0.5) is 0 Å². The van der Waals surface area contributed by atoms with Gasteiger partial charge in [-0.15, -0.1) is 0 Å². The number of benzene rings is 1. The highest BCUT2D eigenvalue weighted by molar-refractivity contribution is 6.32. The van der Waals surface area contributed by atoms with Crippen LogP contribution < -0.4 is 5.73 Å². The SMILES string of the molecule is CN(C)C1C(O)=C(C(N)=O)C2(O)OC23C(=O)C2=C(O)c4c(O)ccc(Cl)c4C(C)(O)C2CC13. The van der Waals surface area contributed by atoms with Crippen LogP contribution >= 0.6 is 11.6 Å². The van der Waals surface area contributed by atoms with Gasteiger partial charge < -0.3 is 36.0 Å². The Labute approximate surface area is 193 Å². The van der Waals surface area contributed by atoms with Gasteiger partial charge in [-0.1, -0.05) is 11.6 Å². The number of epoxide rings is 1. The zero-order chi connectivity index (χ0) is 24.4. The maximum Gasteiger partial charge on any atom is 0.253 e. The largest absolute Gasteiger partial charge is 0.510 e. The first-order chi connectivity index (χ1) is 15.2. The average Bonchev–Trinajstić information content (AvgIpc) is 3.32. The third kappa shape index (κ3) is 2.32. The van der Waals surface area contributed by atoms with Crippen LogP contribution in [-0.2, 0) is 19.9 Å². The lowest BCUT2D eigenvalue weighted by Crippen LogP contribution is -2.62. The van der Waals surface area contributed by atoms with Gasteiger partial charge in [0.25, 0.3) is 5.91 Å². The zero-order valence-electron chi connectivity index (χ0n) is 18.0. The van der Waals surface area contributed by atoms with Crippen molar-refractivity contribution in [2.75, 3.05) is 14.1 Å². The maximum absolute atomic E-state index is 13.9. The van der Waals surface area contributed by atoms with Crippen molar-refractivity contribution in [3.8, 4) is 5.75 Å². The quantitative estimate of drug-likeness (QED) is 0.329. The number of halogens is 1. The second-order valence-corrected chi connectivity index (χ2v) is 9.87. The van der Waals surface area contributed by atoms with E-state index >= 15 is 0 Å². The number of aliphatic hydroxyl groups is 4. The third-order valence-electron chi connectivity index (χ3n) is 7.58. The fourth-order valence-electron chi connectivity index (χ4n) is 6.19. The summed E-state index contributed by atoms with van der Waals surface area (Å²) in [6, 6.07) is 1.63. The van der Waals surface area contributed by atoms with Crippen molar-refractivity contribution >= 4 is 29.1 Å². The van der Waals surface area contributed by atoms with Gasteiger partial charge in [0.05, 0.1) is 17.2 Å². The van der Waals surface area contributed by atoms with Gasteiger partial charge in [-0.25, -0.2) is 0 Å². The number of carbonyl (C=O) groups excluding carboxylic acids is 2. The normalized spacial score (nSPS) is 39.1. The Morgan fingerprint density at radius 1 is 1.24 bits per heavy atom. The number of nitrogens with zero attached hydrogens (tertiary/aromatic N) is 1. The molecule has 1 aromatic rings. The van der Waals surface area contributed by atoms with E-state index in [1.54, 1.807) is 19.0 Å². The standard InChI is InChI=1S/C22H23ClN2O8/c1-20(31)7-6-8-15(25(2)3)17(28)14(19(24)30)22(32)21(8,33-22)18(29)11(7)16(27)12-10(26)5-4-9(23)13(12)20/h4-5,7-8,15,26-28,31-32H,6H2,1-3H3,(H2,24,30). The summed E-state index contributed by atoms with van der Waals surface area (Å²) in [6.07, 6.45) is -0.0369. The highest BCUT2D eigenvalue weighted by Crippen LogP contribution is 2.68. The van der Waals surface area contributed by atoms with Crippen molar-refractivity contribution in [3.63, 3.8) is 0 Å². The highest BCUT2D eigenvalue weighted by atomic mass is 35.5. The summed E-state index contributed by atoms with van der Waals surface area (Å²) in [5, 5.41) is 55.3. The maximum atomic E-state index is 13.9. The second-order valence-electron chi connectivity index (χ2n) is 9.46. The van der Waals surface area contributed by atoms with Gasteiger partial charge in [-0.2, -0.15) is 0 Å². The molecule has 4 aliphatic rings. The number of phenolic OH excluding ortho intramolecular Hbond substituents is 1. The number of rotatable bonds is 2. The molecule has 7 N–H and O–H groups in total. The molecule has 1 aromatic carbocycles. The Morgan fingerprint density at radius 2 is 1.88 bits per heavy atom. The fraction of sp³-hybridized carbons (Fsp3) is 0.455. The summed E-state index contributed by atoms with van der Waals surface area (Å²) in [5.74, 6) is -7.98. The van der Waals surface area contributed by atoms with E-state index in [1.807, 2.05) is 0 Å². The molecule has 6 unspecified atom stereocenters. The molecular weight excluding hydrogens is 456 g/mol. The average molecular weight is 479 g/mol. The Bertz CT molecular complexity index is 1220. The van der Waals surface area contributed by atoms with Crippen LogP contribution in [0.25, 0.3) is 5.76 Å². The summed E-state index contributed by atoms with van der Waals surface area (Å²) in [7, 11) is 3.22. The van der Waals surface area contributed by atoms with Crippen LogP contribution in [0.15, 0.2) is 29.0 Å². The van der Waals surface area contributed by atoms with E-state index in [1.165, 1.54) is 19.1 Å². The number of aliphatic hydroxyl groups excluding tert-OH is 2. The van der Waals surface area contributed by atoms with Crippen molar-refractivity contribution < 1.29 is 39.9 Å². The second kappa shape index (κ2) is 6.28. The van der Waals surface area contributed by atoms with Crippen molar-refractivity contribution in [1.82, 2.24) is 4.90 Å². The molecule has 0 radical (unpaired) electrons. The van der Waals surface area contributed by atoms with Gasteiger partial charge >= 0.3 is 0 Å². The minimum atomic E-state index is -2.49. The first-order valence-corrected chi connectivity index (χ1v) is 10.7. The molecular formula is C22H23ClN2O8. The van der Waals surface area contributed by atoms with Crippen molar-refractivity contribution in [3.05, 3.63) is 45.2 Å². The topological polar surface area (TPSA) is 177 Å². The Hall–Kier alpha value is -2.63. The minimum Gasteiger partial charge on any atom is -0.510 e. The van der Waals surface area contributed by atoms with E-state index in [0.717, 1.165) is 0 Å². The first-order valence-electron chi connectivity index (χ1n) is 10.3. The Morgan fingerprint density at radius 3 is 2.45 bits per heavy atom. The molecule has 0 bridgehead atoms. The monoisotopic (exact) mass is 478 g/mol. The number of ether oxygens (including phenoxy) is 1. The summed E-state index contributed by atoms with van der Waals surface area (Å²) < 4.78 is 5.55. The van der Waals surface area contributed by atoms with E-state index in [9.17, 15) is 35.1 Å². The van der Waals surface area contributed by atoms with Crippen molar-refractivity contribution in [1.29, 1.82) is 0 Å². The molecule has 5 rings (SSSR count). The number of nitrogens with two attached hydrogens (primary N) is 1. The molecule has 6 atom stereocenters. The number of carbonyl (C=O) groups is 2. The highest BCUT2D eigenvalue weighted by Gasteiger charge is 2.86. The summed E-state index contributed by atoms with van der Waals surface area (Å²) in [6.45, 7) is 1.41. The third-order valence-corrected chi connectivity index (χ3v) is 7.90. The van der Waals surface area contributed by atoms with Gasteiger partial charge in [-0.3, -0.25) is 14.5 Å². The predicted octanol–water partition coefficient (Wildman–Crippen LogP) is 0.440. The lowest BCUT2D eigenvalue weighted by atomic mass is 9.55. The van der Waals surface area contributed by atoms with Crippen LogP contribution in [0.1, 0.15) is 24.5 Å². The van der Waals surface area contributed by atoms with Crippen LogP contribution in [0.2, 0.25) is 5.02 Å². The molecule has 2 fully saturated rings. The lowest BCUT2D eigenvalue weighted by Gasteiger charge is -2.49. The minimum absolute atomic E-state index is 0.0369. The smallest absolute Gasteiger partial charge is 0.253 e. The molecule has 1 saturated heterocycles. The first kappa shape index (κ1) is 22.2. The predicted molar refractivity (Wildman–Crippen MR) is 114 cm³/mol. The molecule has 33 heavy (non-hydrogen) atoms. The van der Waals surface area contributed by atoms with Gasteiger partial charge in [0.15, 0.2) is 5.60 Å². The van der Waals surface area contributed by atoms with Crippen molar-refractivity contribution in [2.24, 2.45) is 17.6 Å². The molecule has 10 nitrogen and oxygen atoms in total. The van der Waals surface area contributed by atoms with Crippen molar-refractivity contribution in [2.45, 2.75) is 36.4 Å².